The molecule has 2 aliphatic rings. The molecule has 1 saturated carbocycles. The van der Waals surface area contributed by atoms with Gasteiger partial charge in [-0.25, -0.2) is 14.5 Å². The standard InChI is InChI=1S/C30H31N7S/c1-14(2)23-24-16(4)27(38-30(24)36-25(23)19-9-15(3)29-31-13-32-37(29)12-19)18-6-8-21-22(11-18)35-28(34-21)26-17-5-7-20(10-17)33-26/h6,8-9,11-14,17,20,26,33,36H,5,7,10H2,1-4H3,(H,34,35)/t17?,20?,26-/m0/s1. The molecule has 0 radical (unpaired) electrons. The van der Waals surface area contributed by atoms with Crippen molar-refractivity contribution < 1.29 is 0 Å². The quantitative estimate of drug-likeness (QED) is 0.232. The molecule has 6 heterocycles. The molecule has 1 aliphatic carbocycles. The lowest BCUT2D eigenvalue weighted by atomic mass is 9.95. The van der Waals surface area contributed by atoms with E-state index in [1.807, 2.05) is 15.9 Å². The van der Waals surface area contributed by atoms with Crippen molar-refractivity contribution in [1.29, 1.82) is 0 Å². The number of nitrogens with one attached hydrogen (secondary N) is 3. The summed E-state index contributed by atoms with van der Waals surface area (Å²) in [5.41, 5.74) is 10.5. The molecule has 0 amide bonds. The number of rotatable bonds is 4. The van der Waals surface area contributed by atoms with Crippen LogP contribution in [-0.2, 0) is 0 Å². The van der Waals surface area contributed by atoms with Gasteiger partial charge < -0.3 is 15.3 Å². The number of piperidine rings is 1. The van der Waals surface area contributed by atoms with Gasteiger partial charge in [0.2, 0.25) is 0 Å². The molecular weight excluding hydrogens is 490 g/mol. The third-order valence-corrected chi connectivity index (χ3v) is 10.0. The Morgan fingerprint density at radius 1 is 1.08 bits per heavy atom. The maximum absolute atomic E-state index is 5.06. The van der Waals surface area contributed by atoms with E-state index in [-0.39, 0.29) is 0 Å². The number of aryl methyl sites for hydroxylation is 2. The van der Waals surface area contributed by atoms with Gasteiger partial charge in [0, 0.05) is 28.1 Å². The summed E-state index contributed by atoms with van der Waals surface area (Å²) >= 11 is 1.84. The Hall–Kier alpha value is -3.49. The van der Waals surface area contributed by atoms with Crippen LogP contribution in [0.3, 0.4) is 0 Å². The highest BCUT2D eigenvalue weighted by Crippen LogP contribution is 2.46. The van der Waals surface area contributed by atoms with Crippen molar-refractivity contribution in [3.63, 3.8) is 0 Å². The summed E-state index contributed by atoms with van der Waals surface area (Å²) in [6.45, 7) is 8.93. The van der Waals surface area contributed by atoms with Gasteiger partial charge in [0.05, 0.1) is 22.8 Å². The number of benzene rings is 1. The number of imidazole rings is 1. The largest absolute Gasteiger partial charge is 0.346 e. The zero-order valence-electron chi connectivity index (χ0n) is 22.1. The number of pyridine rings is 1. The Morgan fingerprint density at radius 2 is 1.97 bits per heavy atom. The minimum absolute atomic E-state index is 0.372. The molecule has 0 spiro atoms. The van der Waals surface area contributed by atoms with Gasteiger partial charge in [0.1, 0.15) is 17.0 Å². The van der Waals surface area contributed by atoms with Crippen LogP contribution in [0.2, 0.25) is 0 Å². The molecule has 3 N–H and O–H groups in total. The van der Waals surface area contributed by atoms with Crippen LogP contribution in [0.1, 0.15) is 67.6 Å². The summed E-state index contributed by atoms with van der Waals surface area (Å²) in [7, 11) is 0. The Bertz CT molecular complexity index is 1870. The van der Waals surface area contributed by atoms with Crippen LogP contribution in [0, 0.1) is 19.8 Å². The average molecular weight is 522 g/mol. The van der Waals surface area contributed by atoms with Crippen molar-refractivity contribution in [2.45, 2.75) is 65.0 Å². The first-order valence-electron chi connectivity index (χ1n) is 13.7. The molecule has 2 bridgehead atoms. The minimum atomic E-state index is 0.372. The van der Waals surface area contributed by atoms with Crippen molar-refractivity contribution in [2.24, 2.45) is 5.92 Å². The molecule has 192 valence electrons. The lowest BCUT2D eigenvalue weighted by Crippen LogP contribution is -2.29. The fraction of sp³-hybridized carbons (Fsp3) is 0.367. The highest BCUT2D eigenvalue weighted by molar-refractivity contribution is 7.22. The SMILES string of the molecule is Cc1c(-c2ccc3[nH]c([C@H]4NC5CCC4C5)nc3c2)sc2[nH]c(-c3cc(C)c4ncnn4c3)c(C(C)C)c12. The van der Waals surface area contributed by atoms with E-state index in [4.69, 9.17) is 4.98 Å². The smallest absolute Gasteiger partial charge is 0.158 e. The van der Waals surface area contributed by atoms with Gasteiger partial charge >= 0.3 is 0 Å². The van der Waals surface area contributed by atoms with Crippen molar-refractivity contribution in [2.75, 3.05) is 0 Å². The van der Waals surface area contributed by atoms with Gasteiger partial charge in [-0.1, -0.05) is 19.9 Å². The molecule has 1 aromatic carbocycles. The van der Waals surface area contributed by atoms with Crippen LogP contribution in [0.4, 0.5) is 0 Å². The zero-order chi connectivity index (χ0) is 25.7. The Balaban J connectivity index is 1.22. The lowest BCUT2D eigenvalue weighted by Gasteiger charge is -2.20. The number of thiophene rings is 1. The summed E-state index contributed by atoms with van der Waals surface area (Å²) in [4.78, 5) is 19.4. The summed E-state index contributed by atoms with van der Waals surface area (Å²) in [6.07, 6.45) is 7.62. The lowest BCUT2D eigenvalue weighted by molar-refractivity contribution is 0.380. The minimum Gasteiger partial charge on any atom is -0.346 e. The third-order valence-electron chi connectivity index (χ3n) is 8.77. The third kappa shape index (κ3) is 3.20. The first kappa shape index (κ1) is 22.5. The molecular formula is C30H31N7S. The second-order valence-corrected chi connectivity index (χ2v) is 12.6. The van der Waals surface area contributed by atoms with Crippen LogP contribution in [0.15, 0.2) is 36.8 Å². The highest BCUT2D eigenvalue weighted by Gasteiger charge is 2.41. The Kier molecular flexibility index (Phi) is 4.74. The molecule has 6 aromatic rings. The number of aromatic nitrogens is 6. The molecule has 2 fully saturated rings. The van der Waals surface area contributed by atoms with Crippen molar-refractivity contribution in [3.8, 4) is 21.7 Å². The first-order valence-corrected chi connectivity index (χ1v) is 14.5. The molecule has 7 nitrogen and oxygen atoms in total. The number of aromatic amines is 2. The van der Waals surface area contributed by atoms with Crippen molar-refractivity contribution >= 4 is 38.2 Å². The van der Waals surface area contributed by atoms with Gasteiger partial charge in [0.15, 0.2) is 5.65 Å². The number of fused-ring (bicyclic) bond motifs is 5. The van der Waals surface area contributed by atoms with Crippen LogP contribution in [0.25, 0.3) is 48.6 Å². The molecule has 8 heteroatoms. The second kappa shape index (κ2) is 8.01. The molecule has 38 heavy (non-hydrogen) atoms. The maximum atomic E-state index is 5.06. The van der Waals surface area contributed by atoms with Crippen molar-refractivity contribution in [3.05, 3.63) is 59.3 Å². The highest BCUT2D eigenvalue weighted by atomic mass is 32.1. The molecule has 1 saturated heterocycles. The normalized spacial score (nSPS) is 21.2. The number of H-pyrrole nitrogens is 2. The summed E-state index contributed by atoms with van der Waals surface area (Å²) < 4.78 is 1.88. The van der Waals surface area contributed by atoms with E-state index in [1.54, 1.807) is 6.33 Å². The molecule has 1 aliphatic heterocycles. The molecule has 5 aromatic heterocycles. The van der Waals surface area contributed by atoms with Gasteiger partial charge in [-0.2, -0.15) is 5.10 Å². The van der Waals surface area contributed by atoms with Gasteiger partial charge in [-0.3, -0.25) is 0 Å². The predicted octanol–water partition coefficient (Wildman–Crippen LogP) is 7.04. The van der Waals surface area contributed by atoms with E-state index in [1.165, 1.54) is 56.7 Å². The fourth-order valence-corrected chi connectivity index (χ4v) is 8.24. The first-order chi connectivity index (χ1) is 18.4. The average Bonchev–Trinajstić information content (AvgIpc) is 3.73. The number of nitrogens with zero attached hydrogens (tertiary/aromatic N) is 4. The fourth-order valence-electron chi connectivity index (χ4n) is 7.02. The topological polar surface area (TPSA) is 86.7 Å². The molecule has 3 atom stereocenters. The molecule has 8 rings (SSSR count). The predicted molar refractivity (Wildman–Crippen MR) is 154 cm³/mol. The summed E-state index contributed by atoms with van der Waals surface area (Å²) in [5, 5.41) is 9.53. The van der Waals surface area contributed by atoms with Crippen LogP contribution in [-0.4, -0.2) is 35.6 Å². The Labute approximate surface area is 224 Å². The van der Waals surface area contributed by atoms with Crippen LogP contribution < -0.4 is 5.32 Å². The van der Waals surface area contributed by atoms with Gasteiger partial charge in [-0.15, -0.1) is 11.3 Å². The van der Waals surface area contributed by atoms with E-state index >= 15 is 0 Å². The number of hydrogen-bond donors (Lipinski definition) is 3. The summed E-state index contributed by atoms with van der Waals surface area (Å²) in [6, 6.07) is 9.97. The van der Waals surface area contributed by atoms with E-state index in [0.29, 0.717) is 18.0 Å². The van der Waals surface area contributed by atoms with E-state index in [2.05, 4.69) is 83.5 Å². The van der Waals surface area contributed by atoms with E-state index < -0.39 is 0 Å². The van der Waals surface area contributed by atoms with E-state index in [9.17, 15) is 0 Å². The van der Waals surface area contributed by atoms with Gasteiger partial charge in [0.25, 0.3) is 0 Å². The van der Waals surface area contributed by atoms with E-state index in [0.717, 1.165) is 39.5 Å². The number of hydrogen-bond acceptors (Lipinski definition) is 5. The van der Waals surface area contributed by atoms with Crippen LogP contribution >= 0.6 is 11.3 Å². The maximum Gasteiger partial charge on any atom is 0.158 e. The Morgan fingerprint density at radius 3 is 2.76 bits per heavy atom. The monoisotopic (exact) mass is 521 g/mol. The molecule has 2 unspecified atom stereocenters. The summed E-state index contributed by atoms with van der Waals surface area (Å²) in [5.74, 6) is 2.20. The van der Waals surface area contributed by atoms with Crippen molar-refractivity contribution in [1.82, 2.24) is 34.9 Å². The van der Waals surface area contributed by atoms with Gasteiger partial charge in [-0.05, 0) is 85.4 Å². The second-order valence-electron chi connectivity index (χ2n) is 11.5. The zero-order valence-corrected chi connectivity index (χ0v) is 22.9. The van der Waals surface area contributed by atoms with Crippen LogP contribution in [0.5, 0.6) is 0 Å².